The molecule has 0 bridgehead atoms. The maximum atomic E-state index is 12.9. The van der Waals surface area contributed by atoms with Gasteiger partial charge in [0.1, 0.15) is 11.3 Å². The van der Waals surface area contributed by atoms with E-state index in [0.29, 0.717) is 23.7 Å². The minimum absolute atomic E-state index is 0.224. The molecule has 0 aliphatic carbocycles. The molecule has 6 heteroatoms. The van der Waals surface area contributed by atoms with Crippen molar-refractivity contribution < 1.29 is 9.53 Å². The maximum Gasteiger partial charge on any atom is 0.258 e. The Kier molecular flexibility index (Phi) is 6.57. The lowest BCUT2D eigenvalue weighted by Crippen LogP contribution is -2.33. The largest absolute Gasteiger partial charge is 0.438 e. The van der Waals surface area contributed by atoms with Crippen molar-refractivity contribution in [2.75, 3.05) is 26.2 Å². The molecule has 0 unspecified atom stereocenters. The second kappa shape index (κ2) is 9.71. The summed E-state index contributed by atoms with van der Waals surface area (Å²) < 4.78 is 6.09. The number of carbonyl (C=O) groups is 1. The van der Waals surface area contributed by atoms with E-state index in [0.717, 1.165) is 30.8 Å². The number of rotatable bonds is 7. The molecule has 1 aliphatic heterocycles. The van der Waals surface area contributed by atoms with Gasteiger partial charge in [-0.05, 0) is 63.0 Å². The Balaban J connectivity index is 1.58. The summed E-state index contributed by atoms with van der Waals surface area (Å²) >= 11 is 0. The molecule has 1 saturated heterocycles. The van der Waals surface area contributed by atoms with Gasteiger partial charge >= 0.3 is 0 Å². The van der Waals surface area contributed by atoms with E-state index in [1.165, 1.54) is 18.4 Å². The molecule has 1 fully saturated rings. The average Bonchev–Trinajstić information content (AvgIpc) is 3.30. The number of ether oxygens (including phenoxy) is 1. The van der Waals surface area contributed by atoms with Crippen LogP contribution in [0.25, 0.3) is 11.4 Å². The van der Waals surface area contributed by atoms with Crippen LogP contribution in [0.5, 0.6) is 11.6 Å². The number of aromatic nitrogens is 2. The van der Waals surface area contributed by atoms with Crippen LogP contribution in [-0.4, -0.2) is 47.0 Å². The third-order valence-electron chi connectivity index (χ3n) is 5.64. The molecule has 0 saturated carbocycles. The van der Waals surface area contributed by atoms with Gasteiger partial charge in [0.15, 0.2) is 5.82 Å². The van der Waals surface area contributed by atoms with Crippen LogP contribution < -0.4 is 10.1 Å². The zero-order chi connectivity index (χ0) is 21.6. The summed E-state index contributed by atoms with van der Waals surface area (Å²) in [6.07, 6.45) is 4.02. The number of benzene rings is 2. The van der Waals surface area contributed by atoms with Crippen LogP contribution in [0.4, 0.5) is 0 Å². The molecular weight excluding hydrogens is 388 g/mol. The summed E-state index contributed by atoms with van der Waals surface area (Å²) in [7, 11) is 0. The van der Waals surface area contributed by atoms with E-state index < -0.39 is 0 Å². The van der Waals surface area contributed by atoms with Crippen LogP contribution >= 0.6 is 0 Å². The molecule has 0 spiro atoms. The number of hydrogen-bond acceptors (Lipinski definition) is 5. The maximum absolute atomic E-state index is 12.9. The van der Waals surface area contributed by atoms with Gasteiger partial charge in [0.2, 0.25) is 5.88 Å². The molecule has 31 heavy (non-hydrogen) atoms. The van der Waals surface area contributed by atoms with Crippen LogP contribution in [0.1, 0.15) is 34.3 Å². The normalized spacial score (nSPS) is 13.9. The van der Waals surface area contributed by atoms with Crippen molar-refractivity contribution in [2.24, 2.45) is 0 Å². The fraction of sp³-hybridized carbons (Fsp3) is 0.320. The van der Waals surface area contributed by atoms with E-state index in [9.17, 15) is 4.79 Å². The molecule has 2 heterocycles. The van der Waals surface area contributed by atoms with Crippen molar-refractivity contribution >= 4 is 5.91 Å². The standard InChI is InChI=1S/C25H28N4O2/c1-18-10-11-21(16-19(18)2)31-25-22(24(30)26-12-15-29-13-6-7-14-29)17-27-23(28-25)20-8-4-3-5-9-20/h3-5,8-11,16-17H,6-7,12-15H2,1-2H3,(H,26,30). The van der Waals surface area contributed by atoms with Gasteiger partial charge < -0.3 is 15.0 Å². The fourth-order valence-electron chi connectivity index (χ4n) is 3.64. The third-order valence-corrected chi connectivity index (χ3v) is 5.64. The summed E-state index contributed by atoms with van der Waals surface area (Å²) in [4.78, 5) is 24.3. The predicted molar refractivity (Wildman–Crippen MR) is 121 cm³/mol. The van der Waals surface area contributed by atoms with Crippen molar-refractivity contribution in [1.82, 2.24) is 20.2 Å². The van der Waals surface area contributed by atoms with E-state index in [-0.39, 0.29) is 11.8 Å². The molecule has 0 atom stereocenters. The van der Waals surface area contributed by atoms with Crippen molar-refractivity contribution in [3.8, 4) is 23.0 Å². The number of amides is 1. The quantitative estimate of drug-likeness (QED) is 0.619. The van der Waals surface area contributed by atoms with Gasteiger partial charge in [0, 0.05) is 24.8 Å². The molecule has 4 rings (SSSR count). The van der Waals surface area contributed by atoms with E-state index in [1.807, 2.05) is 55.5 Å². The van der Waals surface area contributed by atoms with Crippen molar-refractivity contribution in [3.05, 3.63) is 71.4 Å². The summed E-state index contributed by atoms with van der Waals surface area (Å²) in [5.41, 5.74) is 3.50. The Morgan fingerprint density at radius 2 is 1.84 bits per heavy atom. The van der Waals surface area contributed by atoms with Crippen LogP contribution in [0.3, 0.4) is 0 Å². The first-order valence-corrected chi connectivity index (χ1v) is 10.8. The van der Waals surface area contributed by atoms with Crippen molar-refractivity contribution in [3.63, 3.8) is 0 Å². The van der Waals surface area contributed by atoms with Gasteiger partial charge in [0.25, 0.3) is 5.91 Å². The smallest absolute Gasteiger partial charge is 0.258 e. The first-order chi connectivity index (χ1) is 15.1. The monoisotopic (exact) mass is 416 g/mol. The SMILES string of the molecule is Cc1ccc(Oc2nc(-c3ccccc3)ncc2C(=O)NCCN2CCCC2)cc1C. The molecule has 1 aromatic heterocycles. The molecule has 6 nitrogen and oxygen atoms in total. The van der Waals surface area contributed by atoms with E-state index in [1.54, 1.807) is 6.20 Å². The highest BCUT2D eigenvalue weighted by Gasteiger charge is 2.18. The average molecular weight is 417 g/mol. The molecule has 160 valence electrons. The summed E-state index contributed by atoms with van der Waals surface area (Å²) in [5.74, 6) is 1.20. The molecule has 1 amide bonds. The second-order valence-electron chi connectivity index (χ2n) is 7.93. The fourth-order valence-corrected chi connectivity index (χ4v) is 3.64. The Bertz CT molecular complexity index is 1050. The zero-order valence-electron chi connectivity index (χ0n) is 18.1. The van der Waals surface area contributed by atoms with E-state index >= 15 is 0 Å². The van der Waals surface area contributed by atoms with Crippen LogP contribution in [0.15, 0.2) is 54.7 Å². The number of carbonyl (C=O) groups excluding carboxylic acids is 1. The molecule has 0 radical (unpaired) electrons. The van der Waals surface area contributed by atoms with Crippen LogP contribution in [0.2, 0.25) is 0 Å². The van der Waals surface area contributed by atoms with Crippen LogP contribution in [0, 0.1) is 13.8 Å². The molecule has 2 aromatic carbocycles. The highest BCUT2D eigenvalue weighted by Crippen LogP contribution is 2.27. The minimum Gasteiger partial charge on any atom is -0.438 e. The lowest BCUT2D eigenvalue weighted by Gasteiger charge is -2.16. The van der Waals surface area contributed by atoms with Gasteiger partial charge in [0.05, 0.1) is 0 Å². The first-order valence-electron chi connectivity index (χ1n) is 10.8. The zero-order valence-corrected chi connectivity index (χ0v) is 18.1. The molecule has 1 aliphatic rings. The molecular formula is C25H28N4O2. The van der Waals surface area contributed by atoms with Gasteiger partial charge in [-0.2, -0.15) is 4.98 Å². The summed E-state index contributed by atoms with van der Waals surface area (Å²) in [5, 5.41) is 2.99. The number of nitrogens with zero attached hydrogens (tertiary/aromatic N) is 3. The van der Waals surface area contributed by atoms with Crippen LogP contribution in [-0.2, 0) is 0 Å². The van der Waals surface area contributed by atoms with Gasteiger partial charge in [-0.15, -0.1) is 0 Å². The lowest BCUT2D eigenvalue weighted by atomic mass is 10.1. The second-order valence-corrected chi connectivity index (χ2v) is 7.93. The lowest BCUT2D eigenvalue weighted by molar-refractivity contribution is 0.0946. The predicted octanol–water partition coefficient (Wildman–Crippen LogP) is 4.38. The number of aryl methyl sites for hydroxylation is 2. The highest BCUT2D eigenvalue weighted by atomic mass is 16.5. The Hall–Kier alpha value is -3.25. The number of nitrogens with one attached hydrogen (secondary N) is 1. The van der Waals surface area contributed by atoms with Gasteiger partial charge in [-0.25, -0.2) is 4.98 Å². The molecule has 3 aromatic rings. The summed E-state index contributed by atoms with van der Waals surface area (Å²) in [6, 6.07) is 15.5. The first kappa shape index (κ1) is 21.0. The molecule has 1 N–H and O–H groups in total. The Morgan fingerprint density at radius 3 is 2.58 bits per heavy atom. The number of likely N-dealkylation sites (tertiary alicyclic amines) is 1. The van der Waals surface area contributed by atoms with E-state index in [4.69, 9.17) is 4.74 Å². The van der Waals surface area contributed by atoms with Crippen molar-refractivity contribution in [2.45, 2.75) is 26.7 Å². The third kappa shape index (κ3) is 5.27. The minimum atomic E-state index is -0.224. The topological polar surface area (TPSA) is 67.3 Å². The van der Waals surface area contributed by atoms with Gasteiger partial charge in [-0.3, -0.25) is 4.79 Å². The summed E-state index contributed by atoms with van der Waals surface area (Å²) in [6.45, 7) is 7.72. The highest BCUT2D eigenvalue weighted by molar-refractivity contribution is 5.96. The Morgan fingerprint density at radius 1 is 1.06 bits per heavy atom. The van der Waals surface area contributed by atoms with E-state index in [2.05, 4.69) is 27.1 Å². The van der Waals surface area contributed by atoms with Crippen molar-refractivity contribution in [1.29, 1.82) is 0 Å². The van der Waals surface area contributed by atoms with Gasteiger partial charge in [-0.1, -0.05) is 36.4 Å². The Labute approximate surface area is 183 Å². The number of hydrogen-bond donors (Lipinski definition) is 1.